The number of carbonyl (C=O) groups excluding carboxylic acids is 2. The third-order valence-corrected chi connectivity index (χ3v) is 5.05. The third-order valence-electron chi connectivity index (χ3n) is 3.97. The lowest BCUT2D eigenvalue weighted by Crippen LogP contribution is -2.34. The van der Waals surface area contributed by atoms with Crippen molar-refractivity contribution >= 4 is 50.6 Å². The zero-order valence-electron chi connectivity index (χ0n) is 13.0. The van der Waals surface area contributed by atoms with Crippen LogP contribution in [0.2, 0.25) is 0 Å². The van der Waals surface area contributed by atoms with E-state index in [4.69, 9.17) is 4.74 Å². The van der Waals surface area contributed by atoms with E-state index < -0.39 is 5.97 Å². The number of aryl methyl sites for hydroxylation is 1. The van der Waals surface area contributed by atoms with E-state index >= 15 is 0 Å². The van der Waals surface area contributed by atoms with Crippen molar-refractivity contribution in [3.05, 3.63) is 47.0 Å². The fourth-order valence-corrected chi connectivity index (χ4v) is 3.91. The first-order chi connectivity index (χ1) is 11.6. The molecule has 4 rings (SSSR count). The Labute approximate surface area is 141 Å². The molecular weight excluding hydrogens is 326 g/mol. The number of anilines is 3. The molecule has 0 saturated heterocycles. The molecule has 3 aromatic rings. The van der Waals surface area contributed by atoms with Crippen molar-refractivity contribution in [1.82, 2.24) is 4.98 Å². The second kappa shape index (κ2) is 5.31. The molecule has 2 aromatic heterocycles. The minimum absolute atomic E-state index is 0.312. The monoisotopic (exact) mass is 339 g/mol. The van der Waals surface area contributed by atoms with Gasteiger partial charge in [0, 0.05) is 6.20 Å². The summed E-state index contributed by atoms with van der Waals surface area (Å²) in [5, 5.41) is 3.58. The number of ether oxygens (including phenoxy) is 1. The summed E-state index contributed by atoms with van der Waals surface area (Å²) in [6.07, 6.45) is 1.64. The number of esters is 1. The second-order valence-electron chi connectivity index (χ2n) is 5.36. The van der Waals surface area contributed by atoms with E-state index in [0.717, 1.165) is 16.6 Å². The van der Waals surface area contributed by atoms with Gasteiger partial charge in [-0.05, 0) is 24.6 Å². The number of aromatic nitrogens is 1. The second-order valence-corrected chi connectivity index (χ2v) is 6.36. The van der Waals surface area contributed by atoms with E-state index in [9.17, 15) is 9.59 Å². The number of nitrogens with one attached hydrogen (secondary N) is 1. The number of hydrogen-bond donors (Lipinski definition) is 1. The SMILES string of the molecule is COC(=O)c1sc2nccc3c2c1NC(=O)N3c1ccccc1C. The standard InChI is InChI=1S/C17H13N3O3S/c1-9-5-3-4-6-10(9)20-11-7-8-18-15-12(11)13(19-17(20)22)14(24-15)16(21)23-2/h3-8H,1-2H3,(H,19,22). The van der Waals surface area contributed by atoms with Crippen LogP contribution in [-0.2, 0) is 4.74 Å². The molecule has 0 unspecified atom stereocenters. The minimum Gasteiger partial charge on any atom is -0.465 e. The molecule has 0 aliphatic carbocycles. The summed E-state index contributed by atoms with van der Waals surface area (Å²) in [6, 6.07) is 9.12. The Kier molecular flexibility index (Phi) is 3.24. The summed E-state index contributed by atoms with van der Waals surface area (Å²) in [5.74, 6) is -0.483. The Balaban J connectivity index is 2.01. The van der Waals surface area contributed by atoms with E-state index in [1.54, 1.807) is 17.2 Å². The maximum absolute atomic E-state index is 12.8. The number of urea groups is 1. The zero-order chi connectivity index (χ0) is 16.8. The molecule has 0 bridgehead atoms. The molecule has 6 nitrogen and oxygen atoms in total. The molecule has 2 amide bonds. The molecule has 1 aromatic carbocycles. The van der Waals surface area contributed by atoms with Crippen LogP contribution < -0.4 is 10.2 Å². The number of benzene rings is 1. The van der Waals surface area contributed by atoms with E-state index in [1.165, 1.54) is 18.4 Å². The van der Waals surface area contributed by atoms with Crippen molar-refractivity contribution in [2.45, 2.75) is 6.92 Å². The number of para-hydroxylation sites is 1. The van der Waals surface area contributed by atoms with Crippen molar-refractivity contribution in [3.8, 4) is 0 Å². The van der Waals surface area contributed by atoms with Crippen LogP contribution in [0, 0.1) is 6.92 Å². The van der Waals surface area contributed by atoms with Gasteiger partial charge in [-0.3, -0.25) is 4.90 Å². The quantitative estimate of drug-likeness (QED) is 0.714. The molecule has 0 fully saturated rings. The molecule has 24 heavy (non-hydrogen) atoms. The number of thiophene rings is 1. The molecule has 0 spiro atoms. The molecule has 0 radical (unpaired) electrons. The maximum atomic E-state index is 12.8. The topological polar surface area (TPSA) is 71.5 Å². The first kappa shape index (κ1) is 14.6. The highest BCUT2D eigenvalue weighted by molar-refractivity contribution is 7.21. The molecule has 0 atom stereocenters. The Hall–Kier alpha value is -2.93. The first-order valence-electron chi connectivity index (χ1n) is 7.28. The normalized spacial score (nSPS) is 13.1. The highest BCUT2D eigenvalue weighted by atomic mass is 32.1. The van der Waals surface area contributed by atoms with Gasteiger partial charge in [0.25, 0.3) is 0 Å². The van der Waals surface area contributed by atoms with Crippen molar-refractivity contribution < 1.29 is 14.3 Å². The van der Waals surface area contributed by atoms with Crippen LogP contribution in [0.4, 0.5) is 21.9 Å². The fraction of sp³-hybridized carbons (Fsp3) is 0.118. The molecule has 120 valence electrons. The number of amides is 2. The number of hydrogen-bond acceptors (Lipinski definition) is 5. The minimum atomic E-state index is -0.483. The largest absolute Gasteiger partial charge is 0.465 e. The zero-order valence-corrected chi connectivity index (χ0v) is 13.8. The van der Waals surface area contributed by atoms with E-state index in [0.29, 0.717) is 21.1 Å². The smallest absolute Gasteiger partial charge is 0.350 e. The summed E-state index contributed by atoms with van der Waals surface area (Å²) in [5.41, 5.74) is 2.95. The summed E-state index contributed by atoms with van der Waals surface area (Å²) < 4.78 is 4.82. The predicted octanol–water partition coefficient (Wildman–Crippen LogP) is 4.07. The number of methoxy groups -OCH3 is 1. The van der Waals surface area contributed by atoms with Gasteiger partial charge in [-0.1, -0.05) is 18.2 Å². The average molecular weight is 339 g/mol. The van der Waals surface area contributed by atoms with Crippen LogP contribution in [-0.4, -0.2) is 24.1 Å². The molecule has 1 aliphatic heterocycles. The van der Waals surface area contributed by atoms with Crippen LogP contribution in [0.15, 0.2) is 36.5 Å². The number of nitrogens with zero attached hydrogens (tertiary/aromatic N) is 2. The van der Waals surface area contributed by atoms with Crippen LogP contribution in [0.25, 0.3) is 10.2 Å². The van der Waals surface area contributed by atoms with Gasteiger partial charge in [0.15, 0.2) is 0 Å². The van der Waals surface area contributed by atoms with Gasteiger partial charge in [0.2, 0.25) is 0 Å². The van der Waals surface area contributed by atoms with Gasteiger partial charge in [0.05, 0.1) is 29.6 Å². The molecule has 1 aliphatic rings. The fourth-order valence-electron chi connectivity index (χ4n) is 2.87. The lowest BCUT2D eigenvalue weighted by Gasteiger charge is -2.29. The van der Waals surface area contributed by atoms with Gasteiger partial charge in [-0.25, -0.2) is 14.6 Å². The van der Waals surface area contributed by atoms with Gasteiger partial charge < -0.3 is 10.1 Å². The van der Waals surface area contributed by atoms with Gasteiger partial charge in [-0.15, -0.1) is 11.3 Å². The van der Waals surface area contributed by atoms with Crippen molar-refractivity contribution in [2.24, 2.45) is 0 Å². The predicted molar refractivity (Wildman–Crippen MR) is 93.3 cm³/mol. The molecular formula is C17H13N3O3S. The van der Waals surface area contributed by atoms with Crippen molar-refractivity contribution in [3.63, 3.8) is 0 Å². The lowest BCUT2D eigenvalue weighted by molar-refractivity contribution is 0.0607. The van der Waals surface area contributed by atoms with Crippen LogP contribution in [0.3, 0.4) is 0 Å². The Morgan fingerprint density at radius 2 is 2.04 bits per heavy atom. The first-order valence-corrected chi connectivity index (χ1v) is 8.10. The van der Waals surface area contributed by atoms with Crippen molar-refractivity contribution in [1.29, 1.82) is 0 Å². The Bertz CT molecular complexity index is 996. The van der Waals surface area contributed by atoms with Gasteiger partial charge in [-0.2, -0.15) is 0 Å². The van der Waals surface area contributed by atoms with E-state index in [-0.39, 0.29) is 6.03 Å². The summed E-state index contributed by atoms with van der Waals surface area (Å²) in [7, 11) is 1.32. The van der Waals surface area contributed by atoms with Crippen LogP contribution >= 0.6 is 11.3 Å². The average Bonchev–Trinajstić information content (AvgIpc) is 2.95. The lowest BCUT2D eigenvalue weighted by atomic mass is 10.1. The number of pyridine rings is 1. The van der Waals surface area contributed by atoms with Gasteiger partial charge in [0.1, 0.15) is 9.71 Å². The summed E-state index contributed by atoms with van der Waals surface area (Å²) in [6.45, 7) is 1.95. The van der Waals surface area contributed by atoms with E-state index in [1.807, 2.05) is 31.2 Å². The summed E-state index contributed by atoms with van der Waals surface area (Å²) >= 11 is 1.21. The van der Waals surface area contributed by atoms with Crippen LogP contribution in [0.1, 0.15) is 15.2 Å². The van der Waals surface area contributed by atoms with Crippen LogP contribution in [0.5, 0.6) is 0 Å². The van der Waals surface area contributed by atoms with Crippen molar-refractivity contribution in [2.75, 3.05) is 17.3 Å². The molecule has 3 heterocycles. The van der Waals surface area contributed by atoms with E-state index in [2.05, 4.69) is 10.3 Å². The highest BCUT2D eigenvalue weighted by Crippen LogP contribution is 2.46. The molecule has 7 heteroatoms. The Morgan fingerprint density at radius 3 is 2.79 bits per heavy atom. The number of rotatable bonds is 2. The maximum Gasteiger partial charge on any atom is 0.350 e. The summed E-state index contributed by atoms with van der Waals surface area (Å²) in [4.78, 5) is 31.7. The van der Waals surface area contributed by atoms with Gasteiger partial charge >= 0.3 is 12.0 Å². The Morgan fingerprint density at radius 1 is 1.25 bits per heavy atom. The molecule has 0 saturated carbocycles. The highest BCUT2D eigenvalue weighted by Gasteiger charge is 2.33. The number of carbonyl (C=O) groups is 2. The third kappa shape index (κ3) is 1.98. The molecule has 1 N–H and O–H groups in total.